The zero-order valence-electron chi connectivity index (χ0n) is 19.8. The van der Waals surface area contributed by atoms with E-state index in [4.69, 9.17) is 4.74 Å². The molecule has 2 aromatic rings. The Morgan fingerprint density at radius 3 is 2.65 bits per heavy atom. The number of aromatic nitrogens is 1. The lowest BCUT2D eigenvalue weighted by atomic mass is 10.0. The number of halogens is 1. The highest BCUT2D eigenvalue weighted by Crippen LogP contribution is 2.30. The lowest BCUT2D eigenvalue weighted by Gasteiger charge is -2.38. The number of fused-ring (bicyclic) bond motifs is 1. The first-order valence-corrected chi connectivity index (χ1v) is 12.4. The number of morpholine rings is 1. The minimum Gasteiger partial charge on any atom is -0.374 e. The van der Waals surface area contributed by atoms with E-state index in [9.17, 15) is 14.4 Å². The Kier molecular flexibility index (Phi) is 7.14. The summed E-state index contributed by atoms with van der Waals surface area (Å²) in [7, 11) is 0. The fraction of sp³-hybridized carbons (Fsp3) is 0.480. The molecule has 1 aromatic heterocycles. The smallest absolute Gasteiger partial charge is 0.256 e. The average molecular weight is 531 g/mol. The molecule has 182 valence electrons. The molecule has 1 aromatic carbocycles. The van der Waals surface area contributed by atoms with Gasteiger partial charge in [0, 0.05) is 47.2 Å². The normalized spacial score (nSPS) is 18.8. The minimum absolute atomic E-state index is 0.0129. The SMILES string of the molecule is C=CC(=O)N1CC(NC(=O)Cn2c(C)c(C(=O)N3CCO[C@@H](C(C)C)C3)c3cc(Br)ccc32)C1. The van der Waals surface area contributed by atoms with Crippen LogP contribution in [0, 0.1) is 12.8 Å². The van der Waals surface area contributed by atoms with Crippen molar-refractivity contribution >= 4 is 44.6 Å². The first-order valence-electron chi connectivity index (χ1n) is 11.6. The van der Waals surface area contributed by atoms with Gasteiger partial charge in [-0.25, -0.2) is 0 Å². The molecule has 0 unspecified atom stereocenters. The number of rotatable bonds is 6. The summed E-state index contributed by atoms with van der Waals surface area (Å²) in [5.74, 6) is 0.00419. The number of amides is 3. The van der Waals surface area contributed by atoms with Crippen molar-refractivity contribution in [2.45, 2.75) is 39.5 Å². The number of carbonyl (C=O) groups excluding carboxylic acids is 3. The second-order valence-electron chi connectivity index (χ2n) is 9.32. The zero-order chi connectivity index (χ0) is 24.6. The summed E-state index contributed by atoms with van der Waals surface area (Å²) in [5.41, 5.74) is 2.22. The summed E-state index contributed by atoms with van der Waals surface area (Å²) in [4.78, 5) is 41.6. The van der Waals surface area contributed by atoms with E-state index in [2.05, 4.69) is 41.7 Å². The fourth-order valence-corrected chi connectivity index (χ4v) is 5.01. The third-order valence-electron chi connectivity index (χ3n) is 6.66. The number of hydrogen-bond acceptors (Lipinski definition) is 4. The number of ether oxygens (including phenoxy) is 1. The molecule has 4 rings (SSSR count). The topological polar surface area (TPSA) is 83.9 Å². The highest BCUT2D eigenvalue weighted by atomic mass is 79.9. The predicted octanol–water partition coefficient (Wildman–Crippen LogP) is 2.72. The Labute approximate surface area is 208 Å². The lowest BCUT2D eigenvalue weighted by Crippen LogP contribution is -2.61. The summed E-state index contributed by atoms with van der Waals surface area (Å²) in [6.45, 7) is 12.3. The molecular formula is C25H31BrN4O4. The Bertz CT molecular complexity index is 1140. The predicted molar refractivity (Wildman–Crippen MR) is 134 cm³/mol. The third-order valence-corrected chi connectivity index (χ3v) is 7.15. The average Bonchev–Trinajstić information content (AvgIpc) is 3.05. The van der Waals surface area contributed by atoms with Gasteiger partial charge >= 0.3 is 0 Å². The summed E-state index contributed by atoms with van der Waals surface area (Å²) < 4.78 is 8.62. The number of nitrogens with zero attached hydrogens (tertiary/aromatic N) is 3. The molecule has 1 atom stereocenters. The fourth-order valence-electron chi connectivity index (χ4n) is 4.65. The van der Waals surface area contributed by atoms with Crippen LogP contribution in [0.25, 0.3) is 10.9 Å². The van der Waals surface area contributed by atoms with E-state index >= 15 is 0 Å². The molecule has 0 bridgehead atoms. The van der Waals surface area contributed by atoms with Crippen LogP contribution in [0.1, 0.15) is 29.9 Å². The van der Waals surface area contributed by atoms with Crippen LogP contribution in [0.3, 0.4) is 0 Å². The standard InChI is InChI=1S/C25H31BrN4O4/c1-5-23(32)29-11-18(12-29)27-22(31)14-30-16(4)24(19-10-17(26)6-7-20(19)30)25(33)28-8-9-34-21(13-28)15(2)3/h5-7,10,15,18,21H,1,8-9,11-14H2,2-4H3,(H,27,31)/t21-/m1/s1. The van der Waals surface area contributed by atoms with Gasteiger partial charge in [-0.2, -0.15) is 0 Å². The number of likely N-dealkylation sites (tertiary alicyclic amines) is 1. The van der Waals surface area contributed by atoms with Crippen LogP contribution in [-0.2, 0) is 20.9 Å². The molecule has 9 heteroatoms. The molecule has 2 fully saturated rings. The van der Waals surface area contributed by atoms with Crippen molar-refractivity contribution in [2.24, 2.45) is 5.92 Å². The largest absolute Gasteiger partial charge is 0.374 e. The van der Waals surface area contributed by atoms with Crippen LogP contribution in [0.15, 0.2) is 35.3 Å². The molecule has 34 heavy (non-hydrogen) atoms. The molecule has 2 aliphatic heterocycles. The van der Waals surface area contributed by atoms with Crippen LogP contribution < -0.4 is 5.32 Å². The molecule has 3 heterocycles. The van der Waals surface area contributed by atoms with Crippen molar-refractivity contribution in [3.8, 4) is 0 Å². The van der Waals surface area contributed by atoms with E-state index in [1.807, 2.05) is 34.6 Å². The first kappa shape index (κ1) is 24.5. The molecule has 0 saturated carbocycles. The van der Waals surface area contributed by atoms with Gasteiger partial charge in [0.05, 0.1) is 24.3 Å². The van der Waals surface area contributed by atoms with Crippen LogP contribution >= 0.6 is 15.9 Å². The van der Waals surface area contributed by atoms with Gasteiger partial charge in [-0.15, -0.1) is 0 Å². The van der Waals surface area contributed by atoms with Gasteiger partial charge in [0.25, 0.3) is 5.91 Å². The summed E-state index contributed by atoms with van der Waals surface area (Å²) in [6.07, 6.45) is 1.29. The van der Waals surface area contributed by atoms with E-state index in [-0.39, 0.29) is 36.4 Å². The molecule has 1 N–H and O–H groups in total. The van der Waals surface area contributed by atoms with Gasteiger partial charge < -0.3 is 24.4 Å². The van der Waals surface area contributed by atoms with Crippen molar-refractivity contribution in [1.29, 1.82) is 0 Å². The monoisotopic (exact) mass is 530 g/mol. The molecule has 0 spiro atoms. The van der Waals surface area contributed by atoms with Crippen molar-refractivity contribution < 1.29 is 19.1 Å². The number of hydrogen-bond donors (Lipinski definition) is 1. The van der Waals surface area contributed by atoms with Crippen molar-refractivity contribution in [2.75, 3.05) is 32.8 Å². The Hall–Kier alpha value is -2.65. The highest BCUT2D eigenvalue weighted by molar-refractivity contribution is 9.10. The molecule has 2 aliphatic rings. The molecule has 3 amide bonds. The van der Waals surface area contributed by atoms with Gasteiger partial charge in [0.15, 0.2) is 0 Å². The van der Waals surface area contributed by atoms with Crippen LogP contribution in [-0.4, -0.2) is 77.0 Å². The zero-order valence-corrected chi connectivity index (χ0v) is 21.4. The Morgan fingerprint density at radius 1 is 1.24 bits per heavy atom. The second-order valence-corrected chi connectivity index (χ2v) is 10.2. The summed E-state index contributed by atoms with van der Waals surface area (Å²) in [5, 5.41) is 3.81. The van der Waals surface area contributed by atoms with Crippen LogP contribution in [0.4, 0.5) is 0 Å². The quantitative estimate of drug-likeness (QED) is 0.582. The van der Waals surface area contributed by atoms with Crippen molar-refractivity contribution in [3.63, 3.8) is 0 Å². The van der Waals surface area contributed by atoms with Gasteiger partial charge in [-0.3, -0.25) is 14.4 Å². The van der Waals surface area contributed by atoms with Gasteiger partial charge in [-0.05, 0) is 37.1 Å². The number of benzene rings is 1. The maximum Gasteiger partial charge on any atom is 0.256 e. The number of carbonyl (C=O) groups is 3. The highest BCUT2D eigenvalue weighted by Gasteiger charge is 2.32. The Balaban J connectivity index is 1.56. The van der Waals surface area contributed by atoms with E-state index in [1.54, 1.807) is 4.90 Å². The molecule has 0 radical (unpaired) electrons. The van der Waals surface area contributed by atoms with Gasteiger partial charge in [-0.1, -0.05) is 36.4 Å². The second kappa shape index (κ2) is 9.92. The molecule has 8 nitrogen and oxygen atoms in total. The maximum atomic E-state index is 13.7. The van der Waals surface area contributed by atoms with Crippen molar-refractivity contribution in [1.82, 2.24) is 19.7 Å². The minimum atomic E-state index is -0.149. The van der Waals surface area contributed by atoms with E-state index in [0.29, 0.717) is 44.3 Å². The van der Waals surface area contributed by atoms with Crippen LogP contribution in [0.2, 0.25) is 0 Å². The molecule has 0 aliphatic carbocycles. The van der Waals surface area contributed by atoms with E-state index in [0.717, 1.165) is 21.1 Å². The first-order chi connectivity index (χ1) is 16.2. The van der Waals surface area contributed by atoms with Crippen LogP contribution in [0.5, 0.6) is 0 Å². The molecule has 2 saturated heterocycles. The Morgan fingerprint density at radius 2 is 1.97 bits per heavy atom. The number of nitrogens with one attached hydrogen (secondary N) is 1. The third kappa shape index (κ3) is 4.77. The summed E-state index contributed by atoms with van der Waals surface area (Å²) in [6, 6.07) is 5.71. The van der Waals surface area contributed by atoms with E-state index in [1.165, 1.54) is 6.08 Å². The maximum absolute atomic E-state index is 13.7. The lowest BCUT2D eigenvalue weighted by molar-refractivity contribution is -0.133. The summed E-state index contributed by atoms with van der Waals surface area (Å²) >= 11 is 3.53. The van der Waals surface area contributed by atoms with Gasteiger partial charge in [0.1, 0.15) is 6.54 Å². The van der Waals surface area contributed by atoms with Gasteiger partial charge in [0.2, 0.25) is 11.8 Å². The van der Waals surface area contributed by atoms with Crippen molar-refractivity contribution in [3.05, 3.63) is 46.6 Å². The van der Waals surface area contributed by atoms with E-state index < -0.39 is 0 Å². The molecular weight excluding hydrogens is 500 g/mol.